The van der Waals surface area contributed by atoms with Crippen LogP contribution in [0.5, 0.6) is 0 Å². The third kappa shape index (κ3) is 1.40. The Hall–Kier alpha value is -1.02. The molecule has 0 radical (unpaired) electrons. The van der Waals surface area contributed by atoms with E-state index in [1.54, 1.807) is 0 Å². The number of hydrogen-bond acceptors (Lipinski definition) is 2. The highest BCUT2D eigenvalue weighted by molar-refractivity contribution is 5.49. The fraction of sp³-hybridized carbons (Fsp3) is 0.500. The Labute approximate surface area is 85.0 Å². The summed E-state index contributed by atoms with van der Waals surface area (Å²) in [7, 11) is 1.92. The third-order valence-corrected chi connectivity index (χ3v) is 3.31. The first-order chi connectivity index (χ1) is 6.69. The van der Waals surface area contributed by atoms with Gasteiger partial charge in [-0.1, -0.05) is 12.1 Å². The predicted molar refractivity (Wildman–Crippen MR) is 58.6 cm³/mol. The Morgan fingerprint density at radius 3 is 2.64 bits per heavy atom. The number of hydrogen-bond donors (Lipinski definition) is 2. The highest BCUT2D eigenvalue weighted by Gasteiger charge is 2.48. The lowest BCUT2D eigenvalue weighted by molar-refractivity contribution is 0.151. The van der Waals surface area contributed by atoms with Crippen LogP contribution in [0, 0.1) is 0 Å². The van der Waals surface area contributed by atoms with Crippen LogP contribution in [0.1, 0.15) is 25.3 Å². The molecule has 1 aromatic rings. The largest absolute Gasteiger partial charge is 0.392 e. The van der Waals surface area contributed by atoms with Gasteiger partial charge in [-0.3, -0.25) is 0 Å². The van der Waals surface area contributed by atoms with E-state index in [4.69, 9.17) is 0 Å². The molecule has 1 aliphatic carbocycles. The third-order valence-electron chi connectivity index (χ3n) is 3.31. The van der Waals surface area contributed by atoms with Crippen molar-refractivity contribution in [1.29, 1.82) is 0 Å². The lowest BCUT2D eigenvalue weighted by Gasteiger charge is -2.19. The normalized spacial score (nSPS) is 20.2. The van der Waals surface area contributed by atoms with Crippen molar-refractivity contribution in [1.82, 2.24) is 0 Å². The fourth-order valence-electron chi connectivity index (χ4n) is 2.07. The summed E-state index contributed by atoms with van der Waals surface area (Å²) < 4.78 is 0. The van der Waals surface area contributed by atoms with Crippen LogP contribution in [0.2, 0.25) is 0 Å². The molecule has 1 saturated carbocycles. The molecule has 0 amide bonds. The maximum absolute atomic E-state index is 9.74. The first kappa shape index (κ1) is 9.53. The molecule has 1 aromatic carbocycles. The van der Waals surface area contributed by atoms with Gasteiger partial charge in [-0.15, -0.1) is 0 Å². The van der Waals surface area contributed by atoms with Gasteiger partial charge in [-0.2, -0.15) is 0 Å². The summed E-state index contributed by atoms with van der Waals surface area (Å²) in [6, 6.07) is 8.34. The summed E-state index contributed by atoms with van der Waals surface area (Å²) in [5, 5.41) is 12.9. The van der Waals surface area contributed by atoms with Gasteiger partial charge in [0.05, 0.1) is 6.10 Å². The number of aliphatic hydroxyl groups is 1. The number of anilines is 1. The number of benzene rings is 1. The van der Waals surface area contributed by atoms with Crippen molar-refractivity contribution >= 4 is 5.69 Å². The lowest BCUT2D eigenvalue weighted by atomic mass is 9.90. The van der Waals surface area contributed by atoms with Crippen molar-refractivity contribution in [2.75, 3.05) is 12.4 Å². The molecule has 2 N–H and O–H groups in total. The molecule has 76 valence electrons. The van der Waals surface area contributed by atoms with Gasteiger partial charge in [0.25, 0.3) is 0 Å². The fourth-order valence-corrected chi connectivity index (χ4v) is 2.07. The van der Waals surface area contributed by atoms with Crippen molar-refractivity contribution in [3.8, 4) is 0 Å². The molecule has 0 unspecified atom stereocenters. The van der Waals surface area contributed by atoms with Gasteiger partial charge in [-0.05, 0) is 37.5 Å². The standard InChI is InChI=1S/C12H17NO/c1-9(14)12(6-7-12)10-4-3-5-11(8-10)13-2/h3-5,8-9,13-14H,6-7H2,1-2H3/t9-/m0/s1. The van der Waals surface area contributed by atoms with Gasteiger partial charge in [0.2, 0.25) is 0 Å². The van der Waals surface area contributed by atoms with Gasteiger partial charge < -0.3 is 10.4 Å². The molecular weight excluding hydrogens is 174 g/mol. The van der Waals surface area contributed by atoms with Crippen LogP contribution in [0.4, 0.5) is 5.69 Å². The van der Waals surface area contributed by atoms with Crippen molar-refractivity contribution in [2.24, 2.45) is 0 Å². The lowest BCUT2D eigenvalue weighted by Crippen LogP contribution is -2.22. The minimum Gasteiger partial charge on any atom is -0.392 e. The molecule has 1 atom stereocenters. The van der Waals surface area contributed by atoms with Crippen LogP contribution in [-0.2, 0) is 5.41 Å². The van der Waals surface area contributed by atoms with E-state index in [-0.39, 0.29) is 11.5 Å². The predicted octanol–water partition coefficient (Wildman–Crippen LogP) is 2.14. The molecule has 0 saturated heterocycles. The Bertz CT molecular complexity index is 329. The summed E-state index contributed by atoms with van der Waals surface area (Å²) >= 11 is 0. The van der Waals surface area contributed by atoms with E-state index in [0.717, 1.165) is 18.5 Å². The minimum atomic E-state index is -0.241. The first-order valence-electron chi connectivity index (χ1n) is 5.15. The maximum Gasteiger partial charge on any atom is 0.0608 e. The number of nitrogens with one attached hydrogen (secondary N) is 1. The summed E-state index contributed by atoms with van der Waals surface area (Å²) in [5.41, 5.74) is 2.43. The Balaban J connectivity index is 2.32. The number of aliphatic hydroxyl groups excluding tert-OH is 1. The quantitative estimate of drug-likeness (QED) is 0.767. The van der Waals surface area contributed by atoms with Crippen molar-refractivity contribution in [3.63, 3.8) is 0 Å². The van der Waals surface area contributed by atoms with E-state index >= 15 is 0 Å². The summed E-state index contributed by atoms with van der Waals surface area (Å²) in [6.07, 6.45) is 1.98. The van der Waals surface area contributed by atoms with Gasteiger partial charge in [-0.25, -0.2) is 0 Å². The molecule has 0 spiro atoms. The van der Waals surface area contributed by atoms with Gasteiger partial charge in [0, 0.05) is 18.2 Å². The molecule has 0 aromatic heterocycles. The van der Waals surface area contributed by atoms with Crippen LogP contribution in [0.3, 0.4) is 0 Å². The topological polar surface area (TPSA) is 32.3 Å². The number of rotatable bonds is 3. The van der Waals surface area contributed by atoms with Gasteiger partial charge in [0.15, 0.2) is 0 Å². The van der Waals surface area contributed by atoms with Crippen LogP contribution >= 0.6 is 0 Å². The molecule has 0 aliphatic heterocycles. The SMILES string of the molecule is CNc1cccc(C2([C@H](C)O)CC2)c1. The van der Waals surface area contributed by atoms with E-state index in [1.807, 2.05) is 26.1 Å². The zero-order valence-corrected chi connectivity index (χ0v) is 8.75. The van der Waals surface area contributed by atoms with Crippen LogP contribution in [0.15, 0.2) is 24.3 Å². The second-order valence-electron chi connectivity index (χ2n) is 4.16. The molecule has 1 fully saturated rings. The smallest absolute Gasteiger partial charge is 0.0608 e. The van der Waals surface area contributed by atoms with Crippen molar-refractivity contribution in [2.45, 2.75) is 31.3 Å². The highest BCUT2D eigenvalue weighted by Crippen LogP contribution is 2.51. The highest BCUT2D eigenvalue weighted by atomic mass is 16.3. The minimum absolute atomic E-state index is 0.0485. The molecule has 2 heteroatoms. The second kappa shape index (κ2) is 3.28. The van der Waals surface area contributed by atoms with Crippen molar-refractivity contribution in [3.05, 3.63) is 29.8 Å². The first-order valence-corrected chi connectivity index (χ1v) is 5.15. The average Bonchev–Trinajstić information content (AvgIpc) is 2.98. The molecule has 2 rings (SSSR count). The average molecular weight is 191 g/mol. The van der Waals surface area contributed by atoms with E-state index in [1.165, 1.54) is 5.56 Å². The van der Waals surface area contributed by atoms with E-state index in [2.05, 4.69) is 17.4 Å². The summed E-state index contributed by atoms with van der Waals surface area (Å²) in [6.45, 7) is 1.89. The molecule has 1 aliphatic rings. The van der Waals surface area contributed by atoms with Crippen LogP contribution < -0.4 is 5.32 Å². The second-order valence-corrected chi connectivity index (χ2v) is 4.16. The monoisotopic (exact) mass is 191 g/mol. The molecule has 2 nitrogen and oxygen atoms in total. The van der Waals surface area contributed by atoms with Crippen LogP contribution in [-0.4, -0.2) is 18.3 Å². The molecule has 14 heavy (non-hydrogen) atoms. The van der Waals surface area contributed by atoms with Gasteiger partial charge >= 0.3 is 0 Å². The van der Waals surface area contributed by atoms with E-state index in [9.17, 15) is 5.11 Å². The summed E-state index contributed by atoms with van der Waals surface area (Å²) in [5.74, 6) is 0. The Morgan fingerprint density at radius 1 is 1.43 bits per heavy atom. The zero-order chi connectivity index (χ0) is 10.2. The van der Waals surface area contributed by atoms with E-state index in [0.29, 0.717) is 0 Å². The zero-order valence-electron chi connectivity index (χ0n) is 8.75. The molecule has 0 bridgehead atoms. The van der Waals surface area contributed by atoms with Crippen molar-refractivity contribution < 1.29 is 5.11 Å². The Morgan fingerprint density at radius 2 is 2.14 bits per heavy atom. The molecule has 0 heterocycles. The maximum atomic E-state index is 9.74. The molecular formula is C12H17NO. The Kier molecular flexibility index (Phi) is 2.23. The summed E-state index contributed by atoms with van der Waals surface area (Å²) in [4.78, 5) is 0. The van der Waals surface area contributed by atoms with E-state index < -0.39 is 0 Å². The van der Waals surface area contributed by atoms with Crippen LogP contribution in [0.25, 0.3) is 0 Å². The van der Waals surface area contributed by atoms with Gasteiger partial charge in [0.1, 0.15) is 0 Å².